The molecule has 5 N–H and O–H groups in total. The molecule has 0 aliphatic carbocycles. The molecule has 3 aromatic rings. The number of hydrogen-bond acceptors (Lipinski definition) is 7. The molecule has 1 fully saturated rings. The maximum Gasteiger partial charge on any atom is 0.178 e. The highest BCUT2D eigenvalue weighted by atomic mass is 16.6. The molecule has 0 bridgehead atoms. The number of aromatic nitrogens is 1. The Kier molecular flexibility index (Phi) is 4.47. The lowest BCUT2D eigenvalue weighted by Gasteiger charge is -2.41. The lowest BCUT2D eigenvalue weighted by molar-refractivity contribution is -0.245. The van der Waals surface area contributed by atoms with Crippen LogP contribution in [-0.2, 0) is 4.74 Å². The van der Waals surface area contributed by atoms with E-state index in [9.17, 15) is 20.4 Å². The standard InChI is InChI=1S/C19H20N2O5/c22-9-14-17(23)18(24)16(19(25)26-14)21-15-10-5-1-3-7-12(10)20-13-8-4-2-6-11(13)15/h1-8,14,16-19,22-25H,9H2,(H,20,21)/t14-,16+,17+,18-,19+/m0/s1. The van der Waals surface area contributed by atoms with E-state index in [1.165, 1.54) is 0 Å². The molecule has 4 rings (SSSR count). The van der Waals surface area contributed by atoms with E-state index in [-0.39, 0.29) is 0 Å². The zero-order chi connectivity index (χ0) is 18.3. The van der Waals surface area contributed by atoms with E-state index in [2.05, 4.69) is 10.3 Å². The fraction of sp³-hybridized carbons (Fsp3) is 0.316. The summed E-state index contributed by atoms with van der Waals surface area (Å²) in [5.41, 5.74) is 2.22. The first-order valence-corrected chi connectivity index (χ1v) is 8.44. The van der Waals surface area contributed by atoms with Gasteiger partial charge in [-0.15, -0.1) is 0 Å². The Morgan fingerprint density at radius 1 is 0.885 bits per heavy atom. The fourth-order valence-electron chi connectivity index (χ4n) is 3.42. The third kappa shape index (κ3) is 2.80. The molecule has 2 heterocycles. The largest absolute Gasteiger partial charge is 0.394 e. The molecule has 1 aromatic heterocycles. The first kappa shape index (κ1) is 17.1. The summed E-state index contributed by atoms with van der Waals surface area (Å²) < 4.78 is 5.24. The van der Waals surface area contributed by atoms with Gasteiger partial charge >= 0.3 is 0 Å². The second kappa shape index (κ2) is 6.79. The van der Waals surface area contributed by atoms with Gasteiger partial charge in [0.15, 0.2) is 6.29 Å². The monoisotopic (exact) mass is 356 g/mol. The van der Waals surface area contributed by atoms with Crippen LogP contribution in [0.1, 0.15) is 0 Å². The fourth-order valence-corrected chi connectivity index (χ4v) is 3.42. The van der Waals surface area contributed by atoms with E-state index in [0.29, 0.717) is 5.69 Å². The Morgan fingerprint density at radius 2 is 1.46 bits per heavy atom. The van der Waals surface area contributed by atoms with E-state index in [4.69, 9.17) is 4.74 Å². The third-order valence-corrected chi connectivity index (χ3v) is 4.80. The van der Waals surface area contributed by atoms with Crippen LogP contribution in [0.5, 0.6) is 0 Å². The number of hydrogen-bond donors (Lipinski definition) is 5. The molecule has 7 heteroatoms. The van der Waals surface area contributed by atoms with Crippen LogP contribution in [0.15, 0.2) is 48.5 Å². The second-order valence-corrected chi connectivity index (χ2v) is 6.42. The van der Waals surface area contributed by atoms with E-state index < -0.39 is 37.3 Å². The van der Waals surface area contributed by atoms with Crippen molar-refractivity contribution in [1.29, 1.82) is 0 Å². The van der Waals surface area contributed by atoms with Crippen LogP contribution >= 0.6 is 0 Å². The molecule has 0 radical (unpaired) electrons. The Hall–Kier alpha value is -2.29. The summed E-state index contributed by atoms with van der Waals surface area (Å²) in [7, 11) is 0. The minimum absolute atomic E-state index is 0.497. The quantitative estimate of drug-likeness (QED) is 0.437. The maximum absolute atomic E-state index is 10.4. The summed E-state index contributed by atoms with van der Waals surface area (Å²) in [4.78, 5) is 4.63. The van der Waals surface area contributed by atoms with Gasteiger partial charge in [-0.3, -0.25) is 0 Å². The number of fused-ring (bicyclic) bond motifs is 2. The molecular formula is C19H20N2O5. The van der Waals surface area contributed by atoms with Crippen LogP contribution in [0.4, 0.5) is 5.69 Å². The van der Waals surface area contributed by atoms with Crippen LogP contribution in [0.2, 0.25) is 0 Å². The van der Waals surface area contributed by atoms with Crippen molar-refractivity contribution in [3.63, 3.8) is 0 Å². The van der Waals surface area contributed by atoms with E-state index >= 15 is 0 Å². The first-order valence-electron chi connectivity index (χ1n) is 8.44. The molecule has 0 unspecified atom stereocenters. The van der Waals surface area contributed by atoms with Crippen molar-refractivity contribution >= 4 is 27.5 Å². The van der Waals surface area contributed by atoms with Gasteiger partial charge in [0.2, 0.25) is 0 Å². The molecule has 0 spiro atoms. The summed E-state index contributed by atoms with van der Waals surface area (Å²) >= 11 is 0. The average Bonchev–Trinajstić information content (AvgIpc) is 2.67. The summed E-state index contributed by atoms with van der Waals surface area (Å²) in [6.45, 7) is -0.497. The molecule has 2 aromatic carbocycles. The van der Waals surface area contributed by atoms with Crippen LogP contribution in [0.3, 0.4) is 0 Å². The highest BCUT2D eigenvalue weighted by Crippen LogP contribution is 2.33. The number of rotatable bonds is 3. The van der Waals surface area contributed by atoms with Gasteiger partial charge in [0.1, 0.15) is 24.4 Å². The van der Waals surface area contributed by atoms with Gasteiger partial charge in [0.05, 0.1) is 23.3 Å². The SMILES string of the molecule is OC[C@@H]1O[C@@H](O)[C@H](Nc2c3ccccc3nc3ccccc23)[C@H](O)[C@@H]1O. The van der Waals surface area contributed by atoms with Crippen molar-refractivity contribution in [3.8, 4) is 0 Å². The summed E-state index contributed by atoms with van der Waals surface area (Å²) in [6.07, 6.45) is -5.07. The Bertz CT molecular complexity index is 880. The summed E-state index contributed by atoms with van der Waals surface area (Å²) in [6, 6.07) is 14.1. The van der Waals surface area contributed by atoms with Crippen molar-refractivity contribution in [3.05, 3.63) is 48.5 Å². The number of ether oxygens (including phenoxy) is 1. The molecule has 7 nitrogen and oxygen atoms in total. The Morgan fingerprint density at radius 3 is 2.04 bits per heavy atom. The smallest absolute Gasteiger partial charge is 0.178 e. The van der Waals surface area contributed by atoms with Gasteiger partial charge in [-0.05, 0) is 12.1 Å². The van der Waals surface area contributed by atoms with Gasteiger partial charge in [-0.1, -0.05) is 36.4 Å². The first-order chi connectivity index (χ1) is 12.6. The van der Waals surface area contributed by atoms with Crippen molar-refractivity contribution in [2.45, 2.75) is 30.6 Å². The molecule has 1 saturated heterocycles. The van der Waals surface area contributed by atoms with Gasteiger partial charge in [-0.25, -0.2) is 4.98 Å². The van der Waals surface area contributed by atoms with Crippen molar-refractivity contribution in [2.75, 3.05) is 11.9 Å². The highest BCUT2D eigenvalue weighted by molar-refractivity contribution is 6.07. The minimum Gasteiger partial charge on any atom is -0.394 e. The molecule has 1 aliphatic heterocycles. The minimum atomic E-state index is -1.39. The number of nitrogens with zero attached hydrogens (tertiary/aromatic N) is 1. The molecule has 0 saturated carbocycles. The lowest BCUT2D eigenvalue weighted by Crippen LogP contribution is -2.61. The normalized spacial score (nSPS) is 29.2. The maximum atomic E-state index is 10.4. The molecule has 1 aliphatic rings. The van der Waals surface area contributed by atoms with Gasteiger partial charge in [0, 0.05) is 10.8 Å². The predicted octanol–water partition coefficient (Wildman–Crippen LogP) is 0.600. The number of benzene rings is 2. The highest BCUT2D eigenvalue weighted by Gasteiger charge is 2.43. The molecule has 5 atom stereocenters. The van der Waals surface area contributed by atoms with Crippen LogP contribution in [0.25, 0.3) is 21.8 Å². The van der Waals surface area contributed by atoms with Crippen molar-refractivity contribution < 1.29 is 25.2 Å². The number of para-hydroxylation sites is 2. The summed E-state index contributed by atoms with van der Waals surface area (Å²) in [5.74, 6) is 0. The Balaban J connectivity index is 1.81. The van der Waals surface area contributed by atoms with Crippen LogP contribution in [-0.4, -0.2) is 62.7 Å². The van der Waals surface area contributed by atoms with Gasteiger partial charge in [0.25, 0.3) is 0 Å². The molecule has 26 heavy (non-hydrogen) atoms. The number of anilines is 1. The Labute approximate surface area is 149 Å². The van der Waals surface area contributed by atoms with E-state index in [1.54, 1.807) is 0 Å². The number of pyridine rings is 1. The van der Waals surface area contributed by atoms with Crippen molar-refractivity contribution in [2.24, 2.45) is 0 Å². The average molecular weight is 356 g/mol. The van der Waals surface area contributed by atoms with Crippen molar-refractivity contribution in [1.82, 2.24) is 4.98 Å². The lowest BCUT2D eigenvalue weighted by atomic mass is 9.96. The zero-order valence-electron chi connectivity index (χ0n) is 13.9. The van der Waals surface area contributed by atoms with Gasteiger partial charge in [-0.2, -0.15) is 0 Å². The number of aliphatic hydroxyl groups is 4. The van der Waals surface area contributed by atoms with Crippen LogP contribution in [0, 0.1) is 0 Å². The second-order valence-electron chi connectivity index (χ2n) is 6.42. The molecule has 0 amide bonds. The molecule has 136 valence electrons. The van der Waals surface area contributed by atoms with Gasteiger partial charge < -0.3 is 30.5 Å². The third-order valence-electron chi connectivity index (χ3n) is 4.80. The number of aliphatic hydroxyl groups excluding tert-OH is 4. The zero-order valence-corrected chi connectivity index (χ0v) is 13.9. The van der Waals surface area contributed by atoms with E-state index in [1.807, 2.05) is 48.5 Å². The number of nitrogens with one attached hydrogen (secondary N) is 1. The van der Waals surface area contributed by atoms with Crippen LogP contribution < -0.4 is 5.32 Å². The predicted molar refractivity (Wildman–Crippen MR) is 96.6 cm³/mol. The van der Waals surface area contributed by atoms with E-state index in [0.717, 1.165) is 21.8 Å². The molecular weight excluding hydrogens is 336 g/mol. The topological polar surface area (TPSA) is 115 Å². The summed E-state index contributed by atoms with van der Waals surface area (Å²) in [5, 5.41) is 44.9.